The summed E-state index contributed by atoms with van der Waals surface area (Å²) >= 11 is 4.86. The third-order valence-electron chi connectivity index (χ3n) is 2.57. The molecule has 0 spiro atoms. The predicted octanol–water partition coefficient (Wildman–Crippen LogP) is 2.95. The molecule has 3 heteroatoms. The van der Waals surface area contributed by atoms with Gasteiger partial charge in [0.05, 0.1) is 4.99 Å². The molecule has 2 nitrogen and oxygen atoms in total. The van der Waals surface area contributed by atoms with Crippen LogP contribution in [-0.4, -0.2) is 30.0 Å². The topological polar surface area (TPSA) is 29.3 Å². The number of hydrogen-bond acceptors (Lipinski definition) is 2. The Hall–Kier alpha value is -0.150. The molecule has 0 heterocycles. The molecule has 0 atom stereocenters. The fourth-order valence-corrected chi connectivity index (χ4v) is 1.90. The Morgan fingerprint density at radius 2 is 1.60 bits per heavy atom. The van der Waals surface area contributed by atoms with E-state index in [9.17, 15) is 0 Å². The summed E-state index contributed by atoms with van der Waals surface area (Å²) in [5.74, 6) is 0. The van der Waals surface area contributed by atoms with E-state index in [1.54, 1.807) is 0 Å². The molecule has 0 fully saturated rings. The Balaban J connectivity index is 3.13. The molecule has 0 aromatic carbocycles. The van der Waals surface area contributed by atoms with Crippen LogP contribution >= 0.6 is 12.2 Å². The first kappa shape index (κ1) is 14.8. The molecule has 0 bridgehead atoms. The molecular formula is C12H26N2S. The maximum Gasteiger partial charge on any atom is 0.0869 e. The first-order valence-electron chi connectivity index (χ1n) is 6.13. The van der Waals surface area contributed by atoms with Gasteiger partial charge in [-0.2, -0.15) is 0 Å². The van der Waals surface area contributed by atoms with Crippen LogP contribution in [0.15, 0.2) is 0 Å². The zero-order valence-corrected chi connectivity index (χ0v) is 11.1. The number of nitrogens with two attached hydrogens (primary N) is 1. The molecule has 0 amide bonds. The van der Waals surface area contributed by atoms with E-state index < -0.39 is 0 Å². The number of likely N-dealkylation sites (N-methyl/N-ethyl adjacent to an activating group) is 1. The standard InChI is InChI=1S/C12H26N2S/c1-3-4-5-6-7-8-9-10-14(2)11-12(13)15/h3-11H2,1-2H3,(H2,13,15). The summed E-state index contributed by atoms with van der Waals surface area (Å²) in [5, 5.41) is 0. The summed E-state index contributed by atoms with van der Waals surface area (Å²) in [5.41, 5.74) is 5.47. The van der Waals surface area contributed by atoms with E-state index in [2.05, 4.69) is 18.9 Å². The lowest BCUT2D eigenvalue weighted by Gasteiger charge is -2.14. The van der Waals surface area contributed by atoms with E-state index in [-0.39, 0.29) is 0 Å². The lowest BCUT2D eigenvalue weighted by molar-refractivity contribution is 0.366. The average Bonchev–Trinajstić information content (AvgIpc) is 2.15. The van der Waals surface area contributed by atoms with Gasteiger partial charge in [0.2, 0.25) is 0 Å². The highest BCUT2D eigenvalue weighted by molar-refractivity contribution is 7.80. The molecule has 2 N–H and O–H groups in total. The molecule has 0 aliphatic heterocycles. The largest absolute Gasteiger partial charge is 0.392 e. The van der Waals surface area contributed by atoms with Crippen molar-refractivity contribution >= 4 is 17.2 Å². The van der Waals surface area contributed by atoms with Crippen molar-refractivity contribution < 1.29 is 0 Å². The second kappa shape index (κ2) is 10.4. The van der Waals surface area contributed by atoms with Gasteiger partial charge >= 0.3 is 0 Å². The lowest BCUT2D eigenvalue weighted by Crippen LogP contribution is -2.30. The summed E-state index contributed by atoms with van der Waals surface area (Å²) in [6.45, 7) is 4.13. The quantitative estimate of drug-likeness (QED) is 0.462. The average molecular weight is 230 g/mol. The van der Waals surface area contributed by atoms with Crippen molar-refractivity contribution in [3.63, 3.8) is 0 Å². The fourth-order valence-electron chi connectivity index (χ4n) is 1.68. The molecule has 0 aromatic heterocycles. The highest BCUT2D eigenvalue weighted by Crippen LogP contribution is 2.07. The zero-order chi connectivity index (χ0) is 11.5. The molecule has 0 aliphatic rings. The van der Waals surface area contributed by atoms with Crippen LogP contribution in [0.3, 0.4) is 0 Å². The van der Waals surface area contributed by atoms with E-state index in [0.29, 0.717) is 4.99 Å². The number of thiocarbonyl (C=S) groups is 1. The van der Waals surface area contributed by atoms with Crippen molar-refractivity contribution in [3.8, 4) is 0 Å². The smallest absolute Gasteiger partial charge is 0.0869 e. The highest BCUT2D eigenvalue weighted by atomic mass is 32.1. The van der Waals surface area contributed by atoms with Gasteiger partial charge in [0, 0.05) is 6.54 Å². The second-order valence-electron chi connectivity index (χ2n) is 4.33. The summed E-state index contributed by atoms with van der Waals surface area (Å²) in [6.07, 6.45) is 9.50. The van der Waals surface area contributed by atoms with Crippen LogP contribution in [0.4, 0.5) is 0 Å². The molecule has 0 saturated heterocycles. The van der Waals surface area contributed by atoms with Crippen LogP contribution in [0.1, 0.15) is 51.9 Å². The summed E-state index contributed by atoms with van der Waals surface area (Å²) in [4.78, 5) is 2.80. The molecule has 0 saturated carbocycles. The zero-order valence-electron chi connectivity index (χ0n) is 10.3. The van der Waals surface area contributed by atoms with Crippen LogP contribution in [0.5, 0.6) is 0 Å². The molecule has 15 heavy (non-hydrogen) atoms. The van der Waals surface area contributed by atoms with E-state index in [1.807, 2.05) is 0 Å². The second-order valence-corrected chi connectivity index (χ2v) is 4.85. The number of rotatable bonds is 10. The van der Waals surface area contributed by atoms with Gasteiger partial charge in [0.1, 0.15) is 0 Å². The normalized spacial score (nSPS) is 10.9. The van der Waals surface area contributed by atoms with Crippen molar-refractivity contribution in [3.05, 3.63) is 0 Å². The van der Waals surface area contributed by atoms with E-state index in [1.165, 1.54) is 44.9 Å². The molecule has 0 rings (SSSR count). The van der Waals surface area contributed by atoms with Gasteiger partial charge in [0.15, 0.2) is 0 Å². The van der Waals surface area contributed by atoms with Crippen LogP contribution < -0.4 is 5.73 Å². The van der Waals surface area contributed by atoms with Gasteiger partial charge in [-0.25, -0.2) is 0 Å². The number of unbranched alkanes of at least 4 members (excludes halogenated alkanes) is 6. The lowest BCUT2D eigenvalue weighted by atomic mass is 10.1. The van der Waals surface area contributed by atoms with Crippen molar-refractivity contribution in [2.75, 3.05) is 20.1 Å². The minimum absolute atomic E-state index is 0.598. The molecule has 0 aliphatic carbocycles. The van der Waals surface area contributed by atoms with Crippen molar-refractivity contribution in [1.82, 2.24) is 4.90 Å². The van der Waals surface area contributed by atoms with Gasteiger partial charge in [0.25, 0.3) is 0 Å². The molecule has 0 radical (unpaired) electrons. The third kappa shape index (κ3) is 11.8. The van der Waals surface area contributed by atoms with Crippen molar-refractivity contribution in [2.45, 2.75) is 51.9 Å². The van der Waals surface area contributed by atoms with Crippen molar-refractivity contribution in [2.24, 2.45) is 5.73 Å². The number of hydrogen-bond donors (Lipinski definition) is 1. The van der Waals surface area contributed by atoms with Gasteiger partial charge in [-0.05, 0) is 20.0 Å². The summed E-state index contributed by atoms with van der Waals surface area (Å²) < 4.78 is 0. The fraction of sp³-hybridized carbons (Fsp3) is 0.917. The van der Waals surface area contributed by atoms with Crippen LogP contribution in [0, 0.1) is 0 Å². The molecule has 90 valence electrons. The molecule has 0 aromatic rings. The van der Waals surface area contributed by atoms with Crippen LogP contribution in [0.25, 0.3) is 0 Å². The Morgan fingerprint density at radius 3 is 2.13 bits per heavy atom. The Morgan fingerprint density at radius 1 is 1.07 bits per heavy atom. The maximum absolute atomic E-state index is 5.47. The van der Waals surface area contributed by atoms with Gasteiger partial charge in [-0.1, -0.05) is 57.7 Å². The molecular weight excluding hydrogens is 204 g/mol. The van der Waals surface area contributed by atoms with Gasteiger partial charge in [-0.15, -0.1) is 0 Å². The third-order valence-corrected chi connectivity index (χ3v) is 2.70. The van der Waals surface area contributed by atoms with Crippen molar-refractivity contribution in [1.29, 1.82) is 0 Å². The van der Waals surface area contributed by atoms with E-state index in [0.717, 1.165) is 13.1 Å². The Kier molecular flexibility index (Phi) is 10.3. The Bertz CT molecular complexity index is 160. The molecule has 0 unspecified atom stereocenters. The number of nitrogens with zero attached hydrogens (tertiary/aromatic N) is 1. The Labute approximate surface area is 100 Å². The monoisotopic (exact) mass is 230 g/mol. The maximum atomic E-state index is 5.47. The first-order chi connectivity index (χ1) is 7.16. The highest BCUT2D eigenvalue weighted by Gasteiger charge is 1.99. The van der Waals surface area contributed by atoms with Gasteiger partial charge in [-0.3, -0.25) is 4.90 Å². The minimum Gasteiger partial charge on any atom is -0.392 e. The summed E-state index contributed by atoms with van der Waals surface area (Å²) in [7, 11) is 2.08. The van der Waals surface area contributed by atoms with E-state index >= 15 is 0 Å². The SMILES string of the molecule is CCCCCCCCCN(C)CC(N)=S. The van der Waals surface area contributed by atoms with Crippen LogP contribution in [0.2, 0.25) is 0 Å². The summed E-state index contributed by atoms with van der Waals surface area (Å²) in [6, 6.07) is 0. The predicted molar refractivity (Wildman–Crippen MR) is 72.3 cm³/mol. The first-order valence-corrected chi connectivity index (χ1v) is 6.54. The van der Waals surface area contributed by atoms with Crippen LogP contribution in [-0.2, 0) is 0 Å². The minimum atomic E-state index is 0.598. The van der Waals surface area contributed by atoms with E-state index in [4.69, 9.17) is 18.0 Å². The van der Waals surface area contributed by atoms with Gasteiger partial charge < -0.3 is 5.73 Å².